The molecule has 1 atom stereocenters. The monoisotopic (exact) mass is 260 g/mol. The van der Waals surface area contributed by atoms with Gasteiger partial charge in [-0.15, -0.1) is 0 Å². The molecule has 1 amide bonds. The number of carbonyl (C=O) groups is 1. The Morgan fingerprint density at radius 2 is 2.17 bits per heavy atom. The maximum Gasteiger partial charge on any atom is 0.271 e. The minimum Gasteiger partial charge on any atom is -0.302 e. The molecule has 2 aliphatic carbocycles. The lowest BCUT2D eigenvalue weighted by molar-refractivity contribution is 0.0936. The van der Waals surface area contributed by atoms with Crippen molar-refractivity contribution in [2.45, 2.75) is 12.8 Å². The van der Waals surface area contributed by atoms with Crippen molar-refractivity contribution in [3.63, 3.8) is 0 Å². The maximum atomic E-state index is 11.9. The van der Waals surface area contributed by atoms with E-state index in [-0.39, 0.29) is 5.91 Å². The van der Waals surface area contributed by atoms with E-state index in [0.717, 1.165) is 18.5 Å². The predicted molar refractivity (Wildman–Crippen MR) is 70.9 cm³/mol. The average molecular weight is 261 g/mol. The first-order chi connectivity index (χ1) is 8.75. The molecule has 0 saturated heterocycles. The van der Waals surface area contributed by atoms with Crippen LogP contribution in [-0.4, -0.2) is 5.91 Å². The number of rotatable bonds is 3. The number of hydrogen-bond acceptors (Lipinski definition) is 2. The zero-order valence-electron chi connectivity index (χ0n) is 9.74. The van der Waals surface area contributed by atoms with E-state index in [1.54, 1.807) is 24.3 Å². The van der Waals surface area contributed by atoms with Crippen molar-refractivity contribution in [3.8, 4) is 0 Å². The Hall–Kier alpha value is -1.74. The summed E-state index contributed by atoms with van der Waals surface area (Å²) >= 11 is 5.96. The van der Waals surface area contributed by atoms with Gasteiger partial charge in [-0.25, -0.2) is 0 Å². The van der Waals surface area contributed by atoms with Crippen LogP contribution in [0.2, 0.25) is 5.02 Å². The second kappa shape index (κ2) is 4.50. The first-order valence-corrected chi connectivity index (χ1v) is 6.34. The Morgan fingerprint density at radius 3 is 2.94 bits per heavy atom. The number of nitrogens with one attached hydrogen (secondary N) is 2. The SMILES string of the molecule is O=C(NNC1=C2C=CC[C@@H]2C1)c1ccccc1Cl. The van der Waals surface area contributed by atoms with Gasteiger partial charge in [-0.3, -0.25) is 10.2 Å². The van der Waals surface area contributed by atoms with E-state index in [9.17, 15) is 4.79 Å². The molecular weight excluding hydrogens is 248 g/mol. The van der Waals surface area contributed by atoms with Crippen molar-refractivity contribution < 1.29 is 4.79 Å². The standard InChI is InChI=1S/C14H13ClN2O/c15-12-7-2-1-5-11(12)14(18)17-16-13-8-9-4-3-6-10(9)13/h1-3,5-7,9,16H,4,8H2,(H,17,18)/t9-/m1/s1. The molecule has 1 aromatic rings. The van der Waals surface area contributed by atoms with Gasteiger partial charge in [-0.2, -0.15) is 0 Å². The number of hydrazine groups is 1. The molecule has 0 bridgehead atoms. The summed E-state index contributed by atoms with van der Waals surface area (Å²) in [6.07, 6.45) is 6.42. The van der Waals surface area contributed by atoms with Crippen LogP contribution in [0.25, 0.3) is 0 Å². The second-order valence-electron chi connectivity index (χ2n) is 4.53. The van der Waals surface area contributed by atoms with E-state index in [1.165, 1.54) is 5.57 Å². The Balaban J connectivity index is 1.65. The normalized spacial score (nSPS) is 20.4. The van der Waals surface area contributed by atoms with Gasteiger partial charge in [0.1, 0.15) is 0 Å². The molecular formula is C14H13ClN2O. The molecule has 0 fully saturated rings. The van der Waals surface area contributed by atoms with Crippen molar-refractivity contribution in [1.82, 2.24) is 10.9 Å². The van der Waals surface area contributed by atoms with Gasteiger partial charge in [-0.1, -0.05) is 35.9 Å². The minimum atomic E-state index is -0.209. The zero-order chi connectivity index (χ0) is 12.5. The third-order valence-corrected chi connectivity index (χ3v) is 3.73. The Labute approximate surface area is 110 Å². The van der Waals surface area contributed by atoms with Crippen molar-refractivity contribution in [3.05, 3.63) is 58.3 Å². The predicted octanol–water partition coefficient (Wildman–Crippen LogP) is 2.81. The van der Waals surface area contributed by atoms with Crippen LogP contribution in [-0.2, 0) is 0 Å². The number of amides is 1. The maximum absolute atomic E-state index is 11.9. The summed E-state index contributed by atoms with van der Waals surface area (Å²) in [5.41, 5.74) is 8.58. The molecule has 3 rings (SSSR count). The van der Waals surface area contributed by atoms with Crippen molar-refractivity contribution >= 4 is 17.5 Å². The molecule has 18 heavy (non-hydrogen) atoms. The van der Waals surface area contributed by atoms with Gasteiger partial charge in [0.15, 0.2) is 0 Å². The smallest absolute Gasteiger partial charge is 0.271 e. The minimum absolute atomic E-state index is 0.209. The summed E-state index contributed by atoms with van der Waals surface area (Å²) in [4.78, 5) is 11.9. The first kappa shape index (κ1) is 11.4. The van der Waals surface area contributed by atoms with Gasteiger partial charge in [0, 0.05) is 5.70 Å². The van der Waals surface area contributed by atoms with Gasteiger partial charge in [0.25, 0.3) is 5.91 Å². The van der Waals surface area contributed by atoms with Crippen LogP contribution in [0.15, 0.2) is 47.7 Å². The van der Waals surface area contributed by atoms with Gasteiger partial charge in [0.05, 0.1) is 10.6 Å². The average Bonchev–Trinajstić information content (AvgIpc) is 2.71. The van der Waals surface area contributed by atoms with Crippen LogP contribution in [0.4, 0.5) is 0 Å². The molecule has 0 aliphatic heterocycles. The lowest BCUT2D eigenvalue weighted by atomic mass is 9.84. The summed E-state index contributed by atoms with van der Waals surface area (Å²) in [5, 5.41) is 0.460. The Bertz CT molecular complexity index is 563. The summed E-state index contributed by atoms with van der Waals surface area (Å²) in [6, 6.07) is 7.01. The van der Waals surface area contributed by atoms with Crippen LogP contribution in [0, 0.1) is 5.92 Å². The topological polar surface area (TPSA) is 41.1 Å². The summed E-state index contributed by atoms with van der Waals surface area (Å²) in [5.74, 6) is 0.448. The molecule has 4 heteroatoms. The van der Waals surface area contributed by atoms with Gasteiger partial charge in [0.2, 0.25) is 0 Å². The zero-order valence-corrected chi connectivity index (χ0v) is 10.5. The molecule has 0 unspecified atom stereocenters. The van der Waals surface area contributed by atoms with E-state index in [4.69, 9.17) is 11.6 Å². The van der Waals surface area contributed by atoms with Gasteiger partial charge < -0.3 is 5.43 Å². The Kier molecular flexibility index (Phi) is 2.84. The molecule has 92 valence electrons. The molecule has 3 nitrogen and oxygen atoms in total. The highest BCUT2D eigenvalue weighted by Crippen LogP contribution is 2.40. The summed E-state index contributed by atoms with van der Waals surface area (Å²) in [7, 11) is 0. The highest BCUT2D eigenvalue weighted by Gasteiger charge is 2.30. The molecule has 0 spiro atoms. The number of benzene rings is 1. The molecule has 0 aromatic heterocycles. The van der Waals surface area contributed by atoms with Crippen LogP contribution >= 0.6 is 11.6 Å². The van der Waals surface area contributed by atoms with E-state index in [1.807, 2.05) is 0 Å². The van der Waals surface area contributed by atoms with E-state index in [0.29, 0.717) is 16.5 Å². The number of halogens is 1. The van der Waals surface area contributed by atoms with Crippen LogP contribution in [0.5, 0.6) is 0 Å². The van der Waals surface area contributed by atoms with Crippen molar-refractivity contribution in [1.29, 1.82) is 0 Å². The fourth-order valence-corrected chi connectivity index (χ4v) is 2.59. The number of carbonyl (C=O) groups excluding carboxylic acids is 1. The van der Waals surface area contributed by atoms with Gasteiger partial charge in [-0.05, 0) is 36.5 Å². The fraction of sp³-hybridized carbons (Fsp3) is 0.214. The summed E-state index contributed by atoms with van der Waals surface area (Å²) < 4.78 is 0. The van der Waals surface area contributed by atoms with Crippen molar-refractivity contribution in [2.75, 3.05) is 0 Å². The van der Waals surface area contributed by atoms with E-state index >= 15 is 0 Å². The third kappa shape index (κ3) is 1.91. The highest BCUT2D eigenvalue weighted by molar-refractivity contribution is 6.33. The summed E-state index contributed by atoms with van der Waals surface area (Å²) in [6.45, 7) is 0. The fourth-order valence-electron chi connectivity index (χ4n) is 2.36. The molecule has 0 heterocycles. The number of fused-ring (bicyclic) bond motifs is 1. The van der Waals surface area contributed by atoms with Gasteiger partial charge >= 0.3 is 0 Å². The molecule has 0 saturated carbocycles. The molecule has 2 aliphatic rings. The van der Waals surface area contributed by atoms with Crippen LogP contribution < -0.4 is 10.9 Å². The largest absolute Gasteiger partial charge is 0.302 e. The van der Waals surface area contributed by atoms with E-state index in [2.05, 4.69) is 23.0 Å². The Morgan fingerprint density at radius 1 is 1.33 bits per heavy atom. The lowest BCUT2D eigenvalue weighted by Crippen LogP contribution is -2.40. The van der Waals surface area contributed by atoms with E-state index < -0.39 is 0 Å². The first-order valence-electron chi connectivity index (χ1n) is 5.96. The molecule has 0 radical (unpaired) electrons. The van der Waals surface area contributed by atoms with Crippen molar-refractivity contribution in [2.24, 2.45) is 5.92 Å². The molecule has 1 aromatic carbocycles. The lowest BCUT2D eigenvalue weighted by Gasteiger charge is -2.28. The third-order valence-electron chi connectivity index (χ3n) is 3.40. The molecule has 2 N–H and O–H groups in total. The van der Waals surface area contributed by atoms with Crippen LogP contribution in [0.3, 0.4) is 0 Å². The number of hydrogen-bond donors (Lipinski definition) is 2. The quantitative estimate of drug-likeness (QED) is 0.821. The second-order valence-corrected chi connectivity index (χ2v) is 4.94. The van der Waals surface area contributed by atoms with Crippen LogP contribution in [0.1, 0.15) is 23.2 Å². The number of allylic oxidation sites excluding steroid dienone is 4. The highest BCUT2D eigenvalue weighted by atomic mass is 35.5.